The number of ether oxygens (including phenoxy) is 3. The molecule has 0 fully saturated rings. The van der Waals surface area contributed by atoms with Gasteiger partial charge in [0.25, 0.3) is 0 Å². The summed E-state index contributed by atoms with van der Waals surface area (Å²) < 4.78 is 49.8. The van der Waals surface area contributed by atoms with Crippen molar-refractivity contribution in [3.05, 3.63) is 47.5 Å². The van der Waals surface area contributed by atoms with Gasteiger partial charge in [0.1, 0.15) is 17.2 Å². The summed E-state index contributed by atoms with van der Waals surface area (Å²) in [5.41, 5.74) is 0.819. The monoisotopic (exact) mass is 408 g/mol. The Morgan fingerprint density at radius 3 is 2.50 bits per heavy atom. The summed E-state index contributed by atoms with van der Waals surface area (Å²) >= 11 is 0. The molecular formula is C18H20N2O7S. The quantitative estimate of drug-likeness (QED) is 0.477. The molecule has 0 radical (unpaired) electrons. The Morgan fingerprint density at radius 2 is 1.89 bits per heavy atom. The largest absolute Gasteiger partial charge is 0.508 e. The van der Waals surface area contributed by atoms with Crippen molar-refractivity contribution < 1.29 is 32.3 Å². The SMILES string of the molecule is COCOc1cc(O)ccc1CCN(c1cc(C#N)ccc1OC)S(=O)(=O)O. The molecule has 2 rings (SSSR count). The molecule has 0 aromatic heterocycles. The minimum Gasteiger partial charge on any atom is -0.508 e. The van der Waals surface area contributed by atoms with E-state index in [2.05, 4.69) is 0 Å². The van der Waals surface area contributed by atoms with Crippen molar-refractivity contribution in [1.82, 2.24) is 0 Å². The van der Waals surface area contributed by atoms with E-state index in [9.17, 15) is 18.1 Å². The molecule has 0 bridgehead atoms. The smallest absolute Gasteiger partial charge is 0.360 e. The van der Waals surface area contributed by atoms with Gasteiger partial charge in [0.15, 0.2) is 6.79 Å². The first-order chi connectivity index (χ1) is 13.3. The Bertz CT molecular complexity index is 970. The topological polar surface area (TPSA) is 129 Å². The summed E-state index contributed by atoms with van der Waals surface area (Å²) in [5, 5.41) is 18.7. The van der Waals surface area contributed by atoms with Crippen molar-refractivity contribution in [1.29, 1.82) is 5.26 Å². The molecule has 10 heteroatoms. The standard InChI is InChI=1S/C18H20N2O7S/c1-25-12-27-18-10-15(21)5-4-14(18)7-8-20(28(22,23)24)16-9-13(11-19)3-6-17(16)26-2/h3-6,9-10,21H,7-8,12H2,1-2H3,(H,22,23,24). The summed E-state index contributed by atoms with van der Waals surface area (Å²) in [5.74, 6) is 0.470. The molecule has 150 valence electrons. The summed E-state index contributed by atoms with van der Waals surface area (Å²) in [6.45, 7) is -0.227. The number of hydrogen-bond acceptors (Lipinski definition) is 7. The minimum atomic E-state index is -4.65. The number of anilines is 1. The molecule has 28 heavy (non-hydrogen) atoms. The highest BCUT2D eigenvalue weighted by atomic mass is 32.2. The third-order valence-corrected chi connectivity index (χ3v) is 4.76. The zero-order valence-corrected chi connectivity index (χ0v) is 16.1. The Balaban J connectivity index is 2.37. The predicted molar refractivity (Wildman–Crippen MR) is 101 cm³/mol. The number of hydrogen-bond donors (Lipinski definition) is 2. The first-order valence-electron chi connectivity index (χ1n) is 8.07. The lowest BCUT2D eigenvalue weighted by Gasteiger charge is -2.23. The first kappa shape index (κ1) is 21.3. The second kappa shape index (κ2) is 9.27. The number of benzene rings is 2. The van der Waals surface area contributed by atoms with Gasteiger partial charge in [-0.3, -0.25) is 4.55 Å². The van der Waals surface area contributed by atoms with Gasteiger partial charge in [-0.1, -0.05) is 6.07 Å². The normalized spacial score (nSPS) is 10.9. The van der Waals surface area contributed by atoms with E-state index in [1.165, 1.54) is 44.6 Å². The van der Waals surface area contributed by atoms with E-state index in [0.717, 1.165) is 4.31 Å². The second-order valence-electron chi connectivity index (χ2n) is 5.64. The summed E-state index contributed by atoms with van der Waals surface area (Å²) in [6.07, 6.45) is 0.138. The number of nitriles is 1. The van der Waals surface area contributed by atoms with E-state index >= 15 is 0 Å². The zero-order valence-electron chi connectivity index (χ0n) is 15.3. The van der Waals surface area contributed by atoms with Crippen LogP contribution in [0.5, 0.6) is 17.2 Å². The van der Waals surface area contributed by atoms with Crippen LogP contribution in [0.15, 0.2) is 36.4 Å². The van der Waals surface area contributed by atoms with Gasteiger partial charge in [-0.2, -0.15) is 13.7 Å². The van der Waals surface area contributed by atoms with E-state index in [0.29, 0.717) is 11.3 Å². The van der Waals surface area contributed by atoms with Crippen molar-refractivity contribution in [2.75, 3.05) is 31.9 Å². The van der Waals surface area contributed by atoms with Gasteiger partial charge < -0.3 is 19.3 Å². The fourth-order valence-corrected chi connectivity index (χ4v) is 3.26. The maximum atomic E-state index is 12.0. The van der Waals surface area contributed by atoms with Gasteiger partial charge in [0, 0.05) is 19.7 Å². The molecule has 0 saturated carbocycles. The average Bonchev–Trinajstić information content (AvgIpc) is 2.66. The zero-order chi connectivity index (χ0) is 20.7. The predicted octanol–water partition coefficient (Wildman–Crippen LogP) is 2.11. The lowest BCUT2D eigenvalue weighted by molar-refractivity contribution is 0.0503. The van der Waals surface area contributed by atoms with Crippen molar-refractivity contribution >= 4 is 16.0 Å². The van der Waals surface area contributed by atoms with Crippen LogP contribution in [0.4, 0.5) is 5.69 Å². The van der Waals surface area contributed by atoms with E-state index in [-0.39, 0.29) is 42.5 Å². The molecule has 0 aliphatic carbocycles. The number of aromatic hydroxyl groups is 1. The van der Waals surface area contributed by atoms with Gasteiger partial charge in [0.05, 0.1) is 24.4 Å². The van der Waals surface area contributed by atoms with E-state index in [1.807, 2.05) is 6.07 Å². The van der Waals surface area contributed by atoms with Crippen LogP contribution in [0.2, 0.25) is 0 Å². The molecule has 2 aromatic carbocycles. The van der Waals surface area contributed by atoms with Gasteiger partial charge in [-0.15, -0.1) is 0 Å². The van der Waals surface area contributed by atoms with Crippen molar-refractivity contribution in [2.24, 2.45) is 0 Å². The molecule has 0 spiro atoms. The molecule has 0 aliphatic heterocycles. The minimum absolute atomic E-state index is 0.0233. The molecule has 9 nitrogen and oxygen atoms in total. The van der Waals surface area contributed by atoms with Crippen LogP contribution < -0.4 is 13.8 Å². The van der Waals surface area contributed by atoms with Crippen molar-refractivity contribution in [3.63, 3.8) is 0 Å². The van der Waals surface area contributed by atoms with E-state index in [4.69, 9.17) is 19.5 Å². The summed E-state index contributed by atoms with van der Waals surface area (Å²) in [4.78, 5) is 0. The number of methoxy groups -OCH3 is 2. The molecule has 0 saturated heterocycles. The third-order valence-electron chi connectivity index (χ3n) is 3.82. The number of nitrogens with zero attached hydrogens (tertiary/aromatic N) is 2. The molecule has 0 atom stereocenters. The van der Waals surface area contributed by atoms with Crippen LogP contribution in [0.3, 0.4) is 0 Å². The summed E-state index contributed by atoms with van der Waals surface area (Å²) in [7, 11) is -1.86. The molecular weight excluding hydrogens is 388 g/mol. The van der Waals surface area contributed by atoms with Gasteiger partial charge in [-0.05, 0) is 36.2 Å². The van der Waals surface area contributed by atoms with Gasteiger partial charge in [0.2, 0.25) is 0 Å². The Labute approximate surface area is 163 Å². The van der Waals surface area contributed by atoms with Crippen molar-refractivity contribution in [3.8, 4) is 23.3 Å². The van der Waals surface area contributed by atoms with E-state index < -0.39 is 10.3 Å². The highest BCUT2D eigenvalue weighted by Gasteiger charge is 2.24. The number of phenols is 1. The molecule has 2 N–H and O–H groups in total. The van der Waals surface area contributed by atoms with Crippen LogP contribution in [-0.4, -0.2) is 45.6 Å². The highest BCUT2D eigenvalue weighted by molar-refractivity contribution is 7.87. The van der Waals surface area contributed by atoms with Crippen LogP contribution in [0.25, 0.3) is 0 Å². The first-order valence-corrected chi connectivity index (χ1v) is 9.46. The van der Waals surface area contributed by atoms with Crippen LogP contribution in [-0.2, 0) is 21.5 Å². The summed E-state index contributed by atoms with van der Waals surface area (Å²) in [6, 6.07) is 10.5. The second-order valence-corrected chi connectivity index (χ2v) is 6.98. The molecule has 2 aromatic rings. The van der Waals surface area contributed by atoms with Crippen LogP contribution >= 0.6 is 0 Å². The highest BCUT2D eigenvalue weighted by Crippen LogP contribution is 2.32. The fourth-order valence-electron chi connectivity index (χ4n) is 2.54. The lowest BCUT2D eigenvalue weighted by Crippen LogP contribution is -2.32. The Hall–Kier alpha value is -3.00. The lowest BCUT2D eigenvalue weighted by atomic mass is 10.1. The van der Waals surface area contributed by atoms with Crippen molar-refractivity contribution in [2.45, 2.75) is 6.42 Å². The Kier molecular flexibility index (Phi) is 7.06. The fraction of sp³-hybridized carbons (Fsp3) is 0.278. The maximum absolute atomic E-state index is 12.0. The third kappa shape index (κ3) is 5.26. The average molecular weight is 408 g/mol. The van der Waals surface area contributed by atoms with Crippen LogP contribution in [0, 0.1) is 11.3 Å². The molecule has 0 aliphatic rings. The maximum Gasteiger partial charge on any atom is 0.360 e. The molecule has 0 amide bonds. The Morgan fingerprint density at radius 1 is 1.14 bits per heavy atom. The molecule has 0 unspecified atom stereocenters. The van der Waals surface area contributed by atoms with Gasteiger partial charge >= 0.3 is 10.3 Å². The number of rotatable bonds is 9. The van der Waals surface area contributed by atoms with E-state index in [1.54, 1.807) is 6.07 Å². The number of phenolic OH excluding ortho intramolecular Hbond substituents is 1. The molecule has 0 heterocycles. The van der Waals surface area contributed by atoms with Gasteiger partial charge in [-0.25, -0.2) is 4.31 Å². The van der Waals surface area contributed by atoms with Crippen LogP contribution in [0.1, 0.15) is 11.1 Å².